The second kappa shape index (κ2) is 10.5. The molecule has 0 spiro atoms. The van der Waals surface area contributed by atoms with Crippen LogP contribution in [0.1, 0.15) is 64.8 Å². The third kappa shape index (κ3) is 5.85. The van der Waals surface area contributed by atoms with Gasteiger partial charge in [0.2, 0.25) is 0 Å². The minimum atomic E-state index is -4.71. The number of carbonyl (C=O) groups excluding carboxylic acids is 1. The number of aryl methyl sites for hydroxylation is 3. The highest BCUT2D eigenvalue weighted by Gasteiger charge is 2.31. The summed E-state index contributed by atoms with van der Waals surface area (Å²) in [7, 11) is 0. The van der Waals surface area contributed by atoms with Gasteiger partial charge in [0.1, 0.15) is 5.75 Å². The quantitative estimate of drug-likeness (QED) is 0.242. The van der Waals surface area contributed by atoms with Gasteiger partial charge in [-0.25, -0.2) is 4.52 Å². The van der Waals surface area contributed by atoms with E-state index >= 15 is 0 Å². The fraction of sp³-hybridized carbons (Fsp3) is 0.333. The van der Waals surface area contributed by atoms with Gasteiger partial charge in [0.25, 0.3) is 0 Å². The summed E-state index contributed by atoms with van der Waals surface area (Å²) in [5.74, 6) is -0.377. The van der Waals surface area contributed by atoms with Gasteiger partial charge in [0.15, 0.2) is 5.78 Å². The lowest BCUT2D eigenvalue weighted by atomic mass is 9.89. The highest BCUT2D eigenvalue weighted by molar-refractivity contribution is 6.03. The standard InChI is InChI=1S/C30H30F3N3O2/c1-20-13-18-36-27(19-20)29(21(2)34-36)28(37)12-5-22-3-8-25(9-4-22)35-16-14-24(15-17-35)23-6-10-26(11-7-23)38-30(31,32)33/h3-4,6-11,13,18-19,24H,5,12,14-17H2,1-2H3/i2D3,13D,18D. The molecule has 4 aromatic rings. The Kier molecular flexibility index (Phi) is 5.59. The molecule has 5 rings (SSSR count). The molecule has 1 fully saturated rings. The maximum atomic E-state index is 13.3. The SMILES string of the molecule is [2H]c1c(C)cc2c(C(=O)CCc3ccc(N4CCC(c5ccc(OC(F)(F)F)cc5)CC4)cc3)c(C([2H])([2H])[2H])nn2c1[2H]. The van der Waals surface area contributed by atoms with Crippen molar-refractivity contribution in [3.05, 3.63) is 94.8 Å². The van der Waals surface area contributed by atoms with Gasteiger partial charge in [-0.05, 0) is 92.0 Å². The molecule has 0 radical (unpaired) electrons. The van der Waals surface area contributed by atoms with Crippen LogP contribution in [0.2, 0.25) is 0 Å². The fourth-order valence-electron chi connectivity index (χ4n) is 4.98. The molecule has 1 saturated heterocycles. The lowest BCUT2D eigenvalue weighted by Gasteiger charge is -2.34. The van der Waals surface area contributed by atoms with Crippen molar-refractivity contribution in [2.45, 2.75) is 51.7 Å². The molecule has 2 aromatic carbocycles. The van der Waals surface area contributed by atoms with E-state index < -0.39 is 13.2 Å². The molecular weight excluding hydrogens is 491 g/mol. The number of aromatic nitrogens is 2. The van der Waals surface area contributed by atoms with E-state index in [0.717, 1.165) is 47.3 Å². The molecule has 38 heavy (non-hydrogen) atoms. The zero-order chi connectivity index (χ0) is 31.1. The molecule has 0 unspecified atom stereocenters. The van der Waals surface area contributed by atoms with E-state index in [0.29, 0.717) is 12.0 Å². The van der Waals surface area contributed by atoms with Crippen molar-refractivity contribution >= 4 is 17.0 Å². The molecule has 1 aliphatic rings. The third-order valence-corrected chi connectivity index (χ3v) is 6.93. The van der Waals surface area contributed by atoms with Gasteiger partial charge < -0.3 is 9.64 Å². The lowest BCUT2D eigenvalue weighted by Crippen LogP contribution is -2.32. The fourth-order valence-corrected chi connectivity index (χ4v) is 4.98. The van der Waals surface area contributed by atoms with E-state index in [1.807, 2.05) is 24.3 Å². The number of pyridine rings is 1. The summed E-state index contributed by atoms with van der Waals surface area (Å²) in [6.45, 7) is 0.551. The number of anilines is 1. The molecule has 0 bridgehead atoms. The number of ether oxygens (including phenoxy) is 1. The van der Waals surface area contributed by atoms with Crippen LogP contribution in [-0.4, -0.2) is 34.8 Å². The second-order valence-corrected chi connectivity index (χ2v) is 9.55. The summed E-state index contributed by atoms with van der Waals surface area (Å²) in [4.78, 5) is 15.6. The highest BCUT2D eigenvalue weighted by atomic mass is 19.4. The Morgan fingerprint density at radius 1 is 1.13 bits per heavy atom. The van der Waals surface area contributed by atoms with Gasteiger partial charge in [0, 0.05) is 35.5 Å². The minimum Gasteiger partial charge on any atom is -0.406 e. The smallest absolute Gasteiger partial charge is 0.406 e. The summed E-state index contributed by atoms with van der Waals surface area (Å²) in [5.41, 5.74) is 3.20. The third-order valence-electron chi connectivity index (χ3n) is 6.93. The number of carbonyl (C=O) groups is 1. The van der Waals surface area contributed by atoms with Crippen molar-refractivity contribution in [1.29, 1.82) is 0 Å². The number of rotatable bonds is 7. The van der Waals surface area contributed by atoms with Crippen LogP contribution in [0, 0.1) is 13.8 Å². The summed E-state index contributed by atoms with van der Waals surface area (Å²) in [6.07, 6.45) is -2.85. The van der Waals surface area contributed by atoms with Crippen LogP contribution < -0.4 is 9.64 Å². The Morgan fingerprint density at radius 3 is 2.50 bits per heavy atom. The van der Waals surface area contributed by atoms with Gasteiger partial charge in [-0.1, -0.05) is 24.3 Å². The summed E-state index contributed by atoms with van der Waals surface area (Å²) in [6, 6.07) is 15.4. The van der Waals surface area contributed by atoms with Gasteiger partial charge in [-0.3, -0.25) is 4.79 Å². The Morgan fingerprint density at radius 2 is 1.84 bits per heavy atom. The highest BCUT2D eigenvalue weighted by Crippen LogP contribution is 2.32. The molecule has 8 heteroatoms. The Bertz CT molecular complexity index is 1630. The van der Waals surface area contributed by atoms with Gasteiger partial charge >= 0.3 is 6.36 Å². The van der Waals surface area contributed by atoms with Crippen LogP contribution in [0.5, 0.6) is 5.75 Å². The number of alkyl halides is 3. The number of piperidine rings is 1. The van der Waals surface area contributed by atoms with Crippen LogP contribution in [0.4, 0.5) is 18.9 Å². The van der Waals surface area contributed by atoms with Crippen LogP contribution in [0.15, 0.2) is 66.8 Å². The summed E-state index contributed by atoms with van der Waals surface area (Å²) < 4.78 is 82.2. The molecular formula is C30H30F3N3O2. The Hall–Kier alpha value is -3.81. The van der Waals surface area contributed by atoms with E-state index in [2.05, 4.69) is 14.7 Å². The van der Waals surface area contributed by atoms with Crippen LogP contribution in [-0.2, 0) is 6.42 Å². The molecule has 1 aliphatic heterocycles. The largest absolute Gasteiger partial charge is 0.573 e. The van der Waals surface area contributed by atoms with Crippen molar-refractivity contribution in [1.82, 2.24) is 9.61 Å². The topological polar surface area (TPSA) is 46.8 Å². The van der Waals surface area contributed by atoms with Crippen LogP contribution in [0.25, 0.3) is 5.52 Å². The molecule has 0 atom stereocenters. The number of halogens is 3. The zero-order valence-corrected chi connectivity index (χ0v) is 20.8. The van der Waals surface area contributed by atoms with Gasteiger partial charge in [-0.15, -0.1) is 13.2 Å². The maximum absolute atomic E-state index is 13.3. The average molecular weight is 527 g/mol. The molecule has 0 aliphatic carbocycles. The van der Waals surface area contributed by atoms with E-state index in [9.17, 15) is 18.0 Å². The molecule has 2 aromatic heterocycles. The van der Waals surface area contributed by atoms with Crippen molar-refractivity contribution in [2.24, 2.45) is 0 Å². The number of nitrogens with zero attached hydrogens (tertiary/aromatic N) is 3. The van der Waals surface area contributed by atoms with Crippen LogP contribution in [0.3, 0.4) is 0 Å². The van der Waals surface area contributed by atoms with E-state index in [1.165, 1.54) is 18.2 Å². The first-order chi connectivity index (χ1) is 20.2. The second-order valence-electron chi connectivity index (χ2n) is 9.55. The predicted octanol–water partition coefficient (Wildman–Crippen LogP) is 7.05. The number of hydrogen-bond acceptors (Lipinski definition) is 4. The Labute approximate surface area is 226 Å². The zero-order valence-electron chi connectivity index (χ0n) is 25.8. The number of hydrogen-bond donors (Lipinski definition) is 0. The van der Waals surface area contributed by atoms with Crippen molar-refractivity contribution in [3.8, 4) is 5.75 Å². The van der Waals surface area contributed by atoms with Crippen molar-refractivity contribution < 1.29 is 29.6 Å². The molecule has 3 heterocycles. The van der Waals surface area contributed by atoms with Crippen LogP contribution >= 0.6 is 0 Å². The van der Waals surface area contributed by atoms with Gasteiger partial charge in [0.05, 0.1) is 19.5 Å². The number of Topliss-reactive ketones (excluding diaryl/α,β-unsaturated/α-hetero) is 1. The summed E-state index contributed by atoms with van der Waals surface area (Å²) >= 11 is 0. The molecule has 0 saturated carbocycles. The molecule has 198 valence electrons. The first-order valence-corrected chi connectivity index (χ1v) is 12.4. The molecule has 5 nitrogen and oxygen atoms in total. The van der Waals surface area contributed by atoms with E-state index in [-0.39, 0.29) is 52.9 Å². The maximum Gasteiger partial charge on any atom is 0.573 e. The van der Waals surface area contributed by atoms with E-state index in [4.69, 9.17) is 6.85 Å². The predicted molar refractivity (Wildman–Crippen MR) is 141 cm³/mol. The normalized spacial score (nSPS) is 16.9. The number of benzene rings is 2. The number of ketones is 1. The number of fused-ring (bicyclic) bond motifs is 1. The van der Waals surface area contributed by atoms with Crippen molar-refractivity contribution in [3.63, 3.8) is 0 Å². The lowest BCUT2D eigenvalue weighted by molar-refractivity contribution is -0.274. The molecule has 0 N–H and O–H groups in total. The average Bonchev–Trinajstić information content (AvgIpc) is 3.35. The van der Waals surface area contributed by atoms with Crippen molar-refractivity contribution in [2.75, 3.05) is 18.0 Å². The monoisotopic (exact) mass is 526 g/mol. The first-order valence-electron chi connectivity index (χ1n) is 14.9. The summed E-state index contributed by atoms with van der Waals surface area (Å²) in [5, 5.41) is 4.04. The molecule has 0 amide bonds. The van der Waals surface area contributed by atoms with Gasteiger partial charge in [-0.2, -0.15) is 5.10 Å². The Balaban J connectivity index is 1.21. The van der Waals surface area contributed by atoms with E-state index in [1.54, 1.807) is 19.1 Å². The minimum absolute atomic E-state index is 0.0291. The first kappa shape index (κ1) is 20.2.